The predicted octanol–water partition coefficient (Wildman–Crippen LogP) is 3.11. The van der Waals surface area contributed by atoms with Gasteiger partial charge in [0.1, 0.15) is 0 Å². The maximum Gasteiger partial charge on any atom is 0.276 e. The summed E-state index contributed by atoms with van der Waals surface area (Å²) in [4.78, 5) is 14.4. The molecule has 3 rings (SSSR count). The molecule has 0 bridgehead atoms. The SMILES string of the molecule is CC(c1ccc(Cl)cc1)N(C)C(=O)c1cn(C2CCNCC2)nn1.Cl. The number of carbonyl (C=O) groups excluding carboxylic acids is 1. The van der Waals surface area contributed by atoms with Crippen LogP contribution < -0.4 is 5.32 Å². The fraction of sp³-hybridized carbons (Fsp3) is 0.471. The van der Waals surface area contributed by atoms with Gasteiger partial charge in [-0.15, -0.1) is 17.5 Å². The Bertz CT molecular complexity index is 697. The summed E-state index contributed by atoms with van der Waals surface area (Å²) in [7, 11) is 1.78. The Balaban J connectivity index is 0.00000225. The highest BCUT2D eigenvalue weighted by Gasteiger charge is 2.23. The largest absolute Gasteiger partial charge is 0.334 e. The normalized spacial score (nSPS) is 16.1. The van der Waals surface area contributed by atoms with E-state index < -0.39 is 0 Å². The van der Waals surface area contributed by atoms with Crippen LogP contribution in [0.25, 0.3) is 0 Å². The highest BCUT2D eigenvalue weighted by molar-refractivity contribution is 6.30. The fourth-order valence-corrected chi connectivity index (χ4v) is 3.07. The van der Waals surface area contributed by atoms with E-state index >= 15 is 0 Å². The Hall–Kier alpha value is -1.63. The van der Waals surface area contributed by atoms with Crippen molar-refractivity contribution in [3.8, 4) is 0 Å². The molecule has 1 aromatic carbocycles. The van der Waals surface area contributed by atoms with E-state index in [1.54, 1.807) is 18.1 Å². The second-order valence-corrected chi connectivity index (χ2v) is 6.64. The smallest absolute Gasteiger partial charge is 0.276 e. The van der Waals surface area contributed by atoms with Gasteiger partial charge in [0.15, 0.2) is 5.69 Å². The van der Waals surface area contributed by atoms with Crippen LogP contribution in [0.3, 0.4) is 0 Å². The van der Waals surface area contributed by atoms with Crippen LogP contribution in [0.15, 0.2) is 30.5 Å². The first-order valence-electron chi connectivity index (χ1n) is 8.21. The van der Waals surface area contributed by atoms with Crippen molar-refractivity contribution in [2.45, 2.75) is 31.8 Å². The van der Waals surface area contributed by atoms with Crippen LogP contribution in [0.4, 0.5) is 0 Å². The molecule has 0 radical (unpaired) electrons. The number of halogens is 2. The van der Waals surface area contributed by atoms with Crippen LogP contribution in [-0.2, 0) is 0 Å². The first-order valence-corrected chi connectivity index (χ1v) is 8.59. The lowest BCUT2D eigenvalue weighted by Crippen LogP contribution is -2.30. The molecule has 1 aliphatic heterocycles. The Morgan fingerprint density at radius 2 is 1.96 bits per heavy atom. The quantitative estimate of drug-likeness (QED) is 0.880. The monoisotopic (exact) mass is 383 g/mol. The van der Waals surface area contributed by atoms with Crippen LogP contribution in [0.1, 0.15) is 47.9 Å². The van der Waals surface area contributed by atoms with E-state index in [9.17, 15) is 4.79 Å². The van der Waals surface area contributed by atoms with E-state index in [2.05, 4.69) is 15.6 Å². The number of rotatable bonds is 4. The molecule has 8 heteroatoms. The van der Waals surface area contributed by atoms with Gasteiger partial charge in [0.05, 0.1) is 18.3 Å². The molecule has 0 spiro atoms. The van der Waals surface area contributed by atoms with Crippen LogP contribution in [0.2, 0.25) is 5.02 Å². The molecule has 2 aromatic rings. The second-order valence-electron chi connectivity index (χ2n) is 6.21. The minimum atomic E-state index is -0.127. The van der Waals surface area contributed by atoms with Crippen molar-refractivity contribution in [1.29, 1.82) is 0 Å². The minimum Gasteiger partial charge on any atom is -0.334 e. The molecule has 1 atom stereocenters. The summed E-state index contributed by atoms with van der Waals surface area (Å²) in [6, 6.07) is 7.78. The lowest BCUT2D eigenvalue weighted by Gasteiger charge is -2.24. The lowest BCUT2D eigenvalue weighted by atomic mass is 10.1. The molecule has 25 heavy (non-hydrogen) atoms. The number of nitrogens with zero attached hydrogens (tertiary/aromatic N) is 4. The van der Waals surface area contributed by atoms with E-state index in [4.69, 9.17) is 11.6 Å². The van der Waals surface area contributed by atoms with Crippen molar-refractivity contribution in [3.05, 3.63) is 46.7 Å². The Kier molecular flexibility index (Phi) is 6.81. The standard InChI is InChI=1S/C17H22ClN5O.ClH/c1-12(13-3-5-14(18)6-4-13)22(2)17(24)16-11-23(21-20-16)15-7-9-19-10-8-15;/h3-6,11-12,15,19H,7-10H2,1-2H3;1H. The van der Waals surface area contributed by atoms with Crippen molar-refractivity contribution in [1.82, 2.24) is 25.2 Å². The highest BCUT2D eigenvalue weighted by Crippen LogP contribution is 2.23. The molecule has 1 N–H and O–H groups in total. The van der Waals surface area contributed by atoms with Gasteiger partial charge in [-0.05, 0) is 50.6 Å². The van der Waals surface area contributed by atoms with Gasteiger partial charge in [-0.2, -0.15) is 0 Å². The summed E-state index contributed by atoms with van der Waals surface area (Å²) < 4.78 is 1.83. The summed E-state index contributed by atoms with van der Waals surface area (Å²) in [5.74, 6) is -0.127. The maximum absolute atomic E-state index is 12.7. The van der Waals surface area contributed by atoms with Gasteiger partial charge in [-0.25, -0.2) is 4.68 Å². The van der Waals surface area contributed by atoms with E-state index in [-0.39, 0.29) is 24.4 Å². The first kappa shape index (κ1) is 19.7. The van der Waals surface area contributed by atoms with Crippen LogP contribution in [0.5, 0.6) is 0 Å². The molecular weight excluding hydrogens is 361 g/mol. The molecule has 1 saturated heterocycles. The van der Waals surface area contributed by atoms with Crippen LogP contribution in [0, 0.1) is 0 Å². The summed E-state index contributed by atoms with van der Waals surface area (Å²) in [5.41, 5.74) is 1.41. The molecule has 1 unspecified atom stereocenters. The van der Waals surface area contributed by atoms with Crippen molar-refractivity contribution in [3.63, 3.8) is 0 Å². The van der Waals surface area contributed by atoms with Gasteiger partial charge < -0.3 is 10.2 Å². The maximum atomic E-state index is 12.7. The number of benzene rings is 1. The molecular formula is C17H23Cl2N5O. The fourth-order valence-electron chi connectivity index (χ4n) is 2.95. The molecule has 2 heterocycles. The number of hydrogen-bond donors (Lipinski definition) is 1. The van der Waals surface area contributed by atoms with Gasteiger partial charge >= 0.3 is 0 Å². The summed E-state index contributed by atoms with van der Waals surface area (Å²) in [6.45, 7) is 3.93. The Morgan fingerprint density at radius 3 is 2.60 bits per heavy atom. The van der Waals surface area contributed by atoms with Crippen molar-refractivity contribution in [2.75, 3.05) is 20.1 Å². The third kappa shape index (κ3) is 4.51. The molecule has 0 aliphatic carbocycles. The minimum absolute atomic E-state index is 0. The zero-order valence-corrected chi connectivity index (χ0v) is 15.9. The summed E-state index contributed by atoms with van der Waals surface area (Å²) in [5, 5.41) is 12.3. The van der Waals surface area contributed by atoms with E-state index in [1.165, 1.54) is 0 Å². The van der Waals surface area contributed by atoms with Gasteiger partial charge in [0.2, 0.25) is 0 Å². The summed E-state index contributed by atoms with van der Waals surface area (Å²) >= 11 is 5.92. The zero-order chi connectivity index (χ0) is 17.1. The van der Waals surface area contributed by atoms with E-state index in [1.807, 2.05) is 35.9 Å². The molecule has 1 aliphatic rings. The molecule has 136 valence electrons. The molecule has 0 saturated carbocycles. The van der Waals surface area contributed by atoms with Crippen LogP contribution in [-0.4, -0.2) is 45.9 Å². The van der Waals surface area contributed by atoms with E-state index in [0.29, 0.717) is 16.8 Å². The van der Waals surface area contributed by atoms with Gasteiger partial charge in [0, 0.05) is 12.1 Å². The Labute approximate surface area is 158 Å². The summed E-state index contributed by atoms with van der Waals surface area (Å²) in [6.07, 6.45) is 3.78. The lowest BCUT2D eigenvalue weighted by molar-refractivity contribution is 0.0736. The van der Waals surface area contributed by atoms with Gasteiger partial charge in [-0.3, -0.25) is 4.79 Å². The average Bonchev–Trinajstić information content (AvgIpc) is 3.11. The third-order valence-electron chi connectivity index (χ3n) is 4.67. The number of nitrogens with one attached hydrogen (secondary N) is 1. The molecule has 6 nitrogen and oxygen atoms in total. The van der Waals surface area contributed by atoms with Crippen molar-refractivity contribution >= 4 is 29.9 Å². The number of amides is 1. The van der Waals surface area contributed by atoms with Gasteiger partial charge in [-0.1, -0.05) is 28.9 Å². The predicted molar refractivity (Wildman–Crippen MR) is 100 cm³/mol. The number of aromatic nitrogens is 3. The number of carbonyl (C=O) groups is 1. The molecule has 1 amide bonds. The van der Waals surface area contributed by atoms with Crippen molar-refractivity contribution in [2.24, 2.45) is 0 Å². The average molecular weight is 384 g/mol. The topological polar surface area (TPSA) is 63.1 Å². The highest BCUT2D eigenvalue weighted by atomic mass is 35.5. The second kappa shape index (κ2) is 8.65. The van der Waals surface area contributed by atoms with Crippen LogP contribution >= 0.6 is 24.0 Å². The Morgan fingerprint density at radius 1 is 1.32 bits per heavy atom. The molecule has 1 aromatic heterocycles. The zero-order valence-electron chi connectivity index (χ0n) is 14.4. The third-order valence-corrected chi connectivity index (χ3v) is 4.92. The van der Waals surface area contributed by atoms with Gasteiger partial charge in [0.25, 0.3) is 5.91 Å². The number of hydrogen-bond acceptors (Lipinski definition) is 4. The molecule has 1 fully saturated rings. The van der Waals surface area contributed by atoms with E-state index in [0.717, 1.165) is 31.5 Å². The number of piperidine rings is 1. The van der Waals surface area contributed by atoms with Crippen molar-refractivity contribution < 1.29 is 4.79 Å². The first-order chi connectivity index (χ1) is 11.6.